The molecule has 0 fully saturated rings. The van der Waals surface area contributed by atoms with Gasteiger partial charge in [0, 0.05) is 39.4 Å². The van der Waals surface area contributed by atoms with Crippen LogP contribution in [0.1, 0.15) is 33.0 Å². The topological polar surface area (TPSA) is 138 Å². The molecule has 0 radical (unpaired) electrons. The summed E-state index contributed by atoms with van der Waals surface area (Å²) in [6, 6.07) is 24.3. The van der Waals surface area contributed by atoms with E-state index in [-0.39, 0.29) is 35.1 Å². The number of nitro groups is 1. The molecule has 0 saturated heterocycles. The van der Waals surface area contributed by atoms with Gasteiger partial charge in [0.2, 0.25) is 5.88 Å². The van der Waals surface area contributed by atoms with Gasteiger partial charge in [0.05, 0.1) is 16.4 Å². The van der Waals surface area contributed by atoms with Crippen LogP contribution in [-0.4, -0.2) is 10.9 Å². The molecule has 1 aliphatic heterocycles. The van der Waals surface area contributed by atoms with Crippen molar-refractivity contribution < 1.29 is 23.9 Å². The maximum absolute atomic E-state index is 12.6. The number of nitro benzene ring substituents is 1. The van der Waals surface area contributed by atoms with Gasteiger partial charge in [0.25, 0.3) is 5.69 Å². The highest BCUT2D eigenvalue weighted by Gasteiger charge is 2.31. The first kappa shape index (κ1) is 27.5. The Hall–Kier alpha value is -5.04. The quantitative estimate of drug-likeness (QED) is 0.106. The summed E-state index contributed by atoms with van der Waals surface area (Å²) in [5.74, 6) is -0.230. The normalized spacial score (nSPS) is 13.9. The molecule has 1 atom stereocenters. The predicted octanol–water partition coefficient (Wildman–Crippen LogP) is 6.92. The summed E-state index contributed by atoms with van der Waals surface area (Å²) >= 11 is 12.2. The molecule has 0 saturated carbocycles. The smallest absolute Gasteiger partial charge is 0.343 e. The molecule has 0 bridgehead atoms. The third-order valence-electron chi connectivity index (χ3n) is 6.34. The van der Waals surface area contributed by atoms with E-state index in [4.69, 9.17) is 43.1 Å². The van der Waals surface area contributed by atoms with E-state index in [1.807, 2.05) is 12.1 Å². The summed E-state index contributed by atoms with van der Waals surface area (Å²) < 4.78 is 17.0. The van der Waals surface area contributed by atoms with Gasteiger partial charge < -0.3 is 19.9 Å². The minimum atomic E-state index is -0.705. The number of non-ortho nitro benzene ring substituents is 1. The fraction of sp³-hybridized carbons (Fsp3) is 0.0667. The Labute approximate surface area is 244 Å². The third kappa shape index (κ3) is 5.94. The number of allylic oxidation sites excluding steroid dienone is 1. The molecule has 204 valence electrons. The number of benzene rings is 4. The van der Waals surface area contributed by atoms with Crippen LogP contribution in [0.25, 0.3) is 0 Å². The molecular weight excluding hydrogens is 569 g/mol. The molecule has 0 amide bonds. The number of fused-ring (bicyclic) bond motifs is 1. The molecule has 41 heavy (non-hydrogen) atoms. The number of nitrogens with zero attached hydrogens (tertiary/aromatic N) is 2. The Bertz CT molecular complexity index is 1730. The van der Waals surface area contributed by atoms with Crippen LogP contribution in [0.3, 0.4) is 0 Å². The van der Waals surface area contributed by atoms with E-state index >= 15 is 0 Å². The van der Waals surface area contributed by atoms with Crippen LogP contribution < -0.4 is 19.9 Å². The van der Waals surface area contributed by atoms with Crippen molar-refractivity contribution in [2.45, 2.75) is 12.5 Å². The van der Waals surface area contributed by atoms with Gasteiger partial charge in [0.15, 0.2) is 0 Å². The number of hydrogen-bond acceptors (Lipinski definition) is 8. The summed E-state index contributed by atoms with van der Waals surface area (Å²) in [6.07, 6.45) is 0. The minimum Gasteiger partial charge on any atom is -0.489 e. The second-order valence-electron chi connectivity index (χ2n) is 8.91. The Balaban J connectivity index is 1.35. The standard InChI is InChI=1S/C30H19Cl2N3O6/c31-20-6-1-19(26(32)13-20)16-39-22-9-4-17(5-10-22)28-24-12-11-23(14-27(24)41-29(34)25(28)15-33)40-30(36)18-2-7-21(8-3-18)35(37)38/h1-14,28H,16,34H2. The van der Waals surface area contributed by atoms with Gasteiger partial charge in [-0.15, -0.1) is 0 Å². The molecular formula is C30H19Cl2N3O6. The van der Waals surface area contributed by atoms with Crippen molar-refractivity contribution in [2.75, 3.05) is 0 Å². The number of rotatable bonds is 7. The van der Waals surface area contributed by atoms with Crippen LogP contribution in [0.4, 0.5) is 5.69 Å². The van der Waals surface area contributed by atoms with Crippen molar-refractivity contribution in [3.05, 3.63) is 139 Å². The Morgan fingerprint density at radius 3 is 2.37 bits per heavy atom. The number of nitrogens with two attached hydrogens (primary N) is 1. The molecule has 4 aromatic rings. The molecule has 0 aliphatic carbocycles. The van der Waals surface area contributed by atoms with Gasteiger partial charge in [-0.05, 0) is 48.0 Å². The lowest BCUT2D eigenvalue weighted by Gasteiger charge is -2.26. The largest absolute Gasteiger partial charge is 0.489 e. The predicted molar refractivity (Wildman–Crippen MR) is 151 cm³/mol. The van der Waals surface area contributed by atoms with Crippen LogP contribution in [0, 0.1) is 21.4 Å². The van der Waals surface area contributed by atoms with E-state index in [0.717, 1.165) is 11.1 Å². The fourth-order valence-electron chi connectivity index (χ4n) is 4.28. The number of ether oxygens (including phenoxy) is 3. The number of hydrogen-bond donors (Lipinski definition) is 1. The Morgan fingerprint density at radius 2 is 1.71 bits per heavy atom. The average Bonchev–Trinajstić information content (AvgIpc) is 2.96. The van der Waals surface area contributed by atoms with E-state index in [9.17, 15) is 20.2 Å². The Kier molecular flexibility index (Phi) is 7.79. The zero-order chi connectivity index (χ0) is 29.1. The maximum atomic E-state index is 12.6. The molecule has 1 unspecified atom stereocenters. The van der Waals surface area contributed by atoms with Crippen molar-refractivity contribution in [1.82, 2.24) is 0 Å². The summed E-state index contributed by atoms with van der Waals surface area (Å²) in [7, 11) is 0. The van der Waals surface area contributed by atoms with E-state index in [1.165, 1.54) is 30.3 Å². The molecule has 9 nitrogen and oxygen atoms in total. The number of halogens is 2. The van der Waals surface area contributed by atoms with Crippen molar-refractivity contribution in [3.63, 3.8) is 0 Å². The van der Waals surface area contributed by atoms with Gasteiger partial charge in [-0.2, -0.15) is 5.26 Å². The molecule has 0 aromatic heterocycles. The number of esters is 1. The highest BCUT2D eigenvalue weighted by Crippen LogP contribution is 2.43. The summed E-state index contributed by atoms with van der Waals surface area (Å²) in [4.78, 5) is 22.9. The molecule has 1 heterocycles. The van der Waals surface area contributed by atoms with Crippen LogP contribution in [0.5, 0.6) is 17.2 Å². The third-order valence-corrected chi connectivity index (χ3v) is 6.92. The first-order valence-electron chi connectivity index (χ1n) is 12.1. The average molecular weight is 588 g/mol. The van der Waals surface area contributed by atoms with E-state index in [2.05, 4.69) is 6.07 Å². The Morgan fingerprint density at radius 1 is 1.00 bits per heavy atom. The van der Waals surface area contributed by atoms with Crippen LogP contribution >= 0.6 is 23.2 Å². The van der Waals surface area contributed by atoms with Gasteiger partial charge in [0.1, 0.15) is 35.5 Å². The fourth-order valence-corrected chi connectivity index (χ4v) is 4.75. The summed E-state index contributed by atoms with van der Waals surface area (Å²) in [6.45, 7) is 0.243. The number of nitriles is 1. The summed E-state index contributed by atoms with van der Waals surface area (Å²) in [5.41, 5.74) is 8.53. The van der Waals surface area contributed by atoms with E-state index in [1.54, 1.807) is 42.5 Å². The molecule has 4 aromatic carbocycles. The van der Waals surface area contributed by atoms with Gasteiger partial charge in [-0.3, -0.25) is 10.1 Å². The molecule has 5 rings (SSSR count). The molecule has 1 aliphatic rings. The molecule has 11 heteroatoms. The van der Waals surface area contributed by atoms with E-state index < -0.39 is 16.8 Å². The second-order valence-corrected chi connectivity index (χ2v) is 9.76. The van der Waals surface area contributed by atoms with Gasteiger partial charge >= 0.3 is 5.97 Å². The maximum Gasteiger partial charge on any atom is 0.343 e. The number of carbonyl (C=O) groups excluding carboxylic acids is 1. The van der Waals surface area contributed by atoms with E-state index in [0.29, 0.717) is 27.1 Å². The lowest BCUT2D eigenvalue weighted by molar-refractivity contribution is -0.384. The van der Waals surface area contributed by atoms with Crippen LogP contribution in [0.2, 0.25) is 10.0 Å². The zero-order valence-electron chi connectivity index (χ0n) is 21.0. The van der Waals surface area contributed by atoms with Crippen molar-refractivity contribution in [2.24, 2.45) is 5.73 Å². The van der Waals surface area contributed by atoms with Gasteiger partial charge in [-0.25, -0.2) is 4.79 Å². The van der Waals surface area contributed by atoms with Crippen molar-refractivity contribution in [3.8, 4) is 23.3 Å². The first-order valence-corrected chi connectivity index (χ1v) is 12.8. The SMILES string of the molecule is N#CC1=C(N)Oc2cc(OC(=O)c3ccc([N+](=O)[O-])cc3)ccc2C1c1ccc(OCc2ccc(Cl)cc2Cl)cc1. The highest BCUT2D eigenvalue weighted by molar-refractivity contribution is 6.35. The number of carbonyl (C=O) groups is 1. The highest BCUT2D eigenvalue weighted by atomic mass is 35.5. The van der Waals surface area contributed by atoms with Crippen molar-refractivity contribution in [1.29, 1.82) is 5.26 Å². The summed E-state index contributed by atoms with van der Waals surface area (Å²) in [5, 5.41) is 21.8. The first-order chi connectivity index (χ1) is 19.7. The lowest BCUT2D eigenvalue weighted by atomic mass is 9.83. The molecule has 0 spiro atoms. The van der Waals surface area contributed by atoms with Crippen LogP contribution in [-0.2, 0) is 6.61 Å². The second kappa shape index (κ2) is 11.6. The lowest BCUT2D eigenvalue weighted by Crippen LogP contribution is -2.21. The van der Waals surface area contributed by atoms with Crippen LogP contribution in [0.15, 0.2) is 96.4 Å². The monoisotopic (exact) mass is 587 g/mol. The van der Waals surface area contributed by atoms with Crippen molar-refractivity contribution >= 4 is 34.9 Å². The minimum absolute atomic E-state index is 0.0680. The zero-order valence-corrected chi connectivity index (χ0v) is 22.6. The molecule has 2 N–H and O–H groups in total. The van der Waals surface area contributed by atoms with Gasteiger partial charge in [-0.1, -0.05) is 47.5 Å².